The number of aryl methyl sites for hydroxylation is 1. The van der Waals surface area contributed by atoms with Crippen LogP contribution < -0.4 is 5.32 Å². The molecule has 1 aliphatic carbocycles. The number of hydrogen-bond donors (Lipinski definition) is 1. The van der Waals surface area contributed by atoms with E-state index in [1.165, 1.54) is 0 Å². The number of aromatic nitrogens is 3. The van der Waals surface area contributed by atoms with Crippen LogP contribution >= 0.6 is 0 Å². The van der Waals surface area contributed by atoms with Gasteiger partial charge in [-0.25, -0.2) is 9.97 Å². The monoisotopic (exact) mass is 311 g/mol. The minimum Gasteiger partial charge on any atom is -0.358 e. The second kappa shape index (κ2) is 6.32. The zero-order valence-electron chi connectivity index (χ0n) is 13.7. The van der Waals surface area contributed by atoms with E-state index in [0.717, 1.165) is 42.0 Å². The number of carbonyl (C=O) groups excluding carboxylic acids is 1. The maximum atomic E-state index is 12.1. The number of nitrogens with zero attached hydrogens (tertiary/aromatic N) is 4. The molecule has 0 saturated heterocycles. The quantitative estimate of drug-likeness (QED) is 0.934. The van der Waals surface area contributed by atoms with Gasteiger partial charge in [0.1, 0.15) is 17.6 Å². The highest BCUT2D eigenvalue weighted by Crippen LogP contribution is 2.29. The Morgan fingerprint density at radius 2 is 2.09 bits per heavy atom. The highest BCUT2D eigenvalue weighted by Gasteiger charge is 2.23. The van der Waals surface area contributed by atoms with Gasteiger partial charge in [0.15, 0.2) is 5.82 Å². The van der Waals surface area contributed by atoms with Crippen molar-refractivity contribution in [3.63, 3.8) is 0 Å². The van der Waals surface area contributed by atoms with Gasteiger partial charge in [-0.3, -0.25) is 9.78 Å². The Morgan fingerprint density at radius 1 is 1.26 bits per heavy atom. The maximum absolute atomic E-state index is 12.1. The summed E-state index contributed by atoms with van der Waals surface area (Å²) in [6.07, 6.45) is 4.70. The molecule has 0 bridgehead atoms. The van der Waals surface area contributed by atoms with Crippen LogP contribution in [0.1, 0.15) is 24.6 Å². The SMILES string of the molecule is C[C@H](Nc1nc(-c2ccccn2)nc2c1CCC2)C(=O)N(C)C. The number of likely N-dealkylation sites (N-methyl/N-ethyl adjacent to an activating group) is 1. The molecule has 0 spiro atoms. The van der Waals surface area contributed by atoms with E-state index < -0.39 is 0 Å². The van der Waals surface area contributed by atoms with Crippen molar-refractivity contribution in [2.45, 2.75) is 32.2 Å². The molecule has 0 radical (unpaired) electrons. The zero-order valence-corrected chi connectivity index (χ0v) is 13.7. The van der Waals surface area contributed by atoms with Crippen molar-refractivity contribution in [2.24, 2.45) is 0 Å². The summed E-state index contributed by atoms with van der Waals surface area (Å²) < 4.78 is 0. The molecule has 0 saturated carbocycles. The molecule has 6 heteroatoms. The van der Waals surface area contributed by atoms with Crippen LogP contribution in [0.3, 0.4) is 0 Å². The van der Waals surface area contributed by atoms with Crippen LogP contribution in [0.25, 0.3) is 11.5 Å². The fraction of sp³-hybridized carbons (Fsp3) is 0.412. The van der Waals surface area contributed by atoms with Crippen molar-refractivity contribution in [3.05, 3.63) is 35.7 Å². The number of amides is 1. The average Bonchev–Trinajstić information content (AvgIpc) is 3.03. The molecule has 1 atom stereocenters. The molecule has 1 N–H and O–H groups in total. The molecule has 6 nitrogen and oxygen atoms in total. The van der Waals surface area contributed by atoms with Crippen molar-refractivity contribution >= 4 is 11.7 Å². The average molecular weight is 311 g/mol. The maximum Gasteiger partial charge on any atom is 0.244 e. The summed E-state index contributed by atoms with van der Waals surface area (Å²) in [6.45, 7) is 1.85. The summed E-state index contributed by atoms with van der Waals surface area (Å²) in [5, 5.41) is 3.26. The molecule has 23 heavy (non-hydrogen) atoms. The molecule has 0 fully saturated rings. The third-order valence-corrected chi connectivity index (χ3v) is 3.99. The normalized spacial score (nSPS) is 14.2. The van der Waals surface area contributed by atoms with Crippen molar-refractivity contribution in [1.82, 2.24) is 19.9 Å². The van der Waals surface area contributed by atoms with Crippen molar-refractivity contribution < 1.29 is 4.79 Å². The Labute approximate surface area is 136 Å². The number of carbonyl (C=O) groups is 1. The topological polar surface area (TPSA) is 71.0 Å². The van der Waals surface area contributed by atoms with Crippen molar-refractivity contribution in [1.29, 1.82) is 0 Å². The molecule has 0 aliphatic heterocycles. The summed E-state index contributed by atoms with van der Waals surface area (Å²) in [4.78, 5) is 27.3. The van der Waals surface area contributed by atoms with E-state index in [-0.39, 0.29) is 11.9 Å². The second-order valence-corrected chi connectivity index (χ2v) is 5.99. The van der Waals surface area contributed by atoms with Crippen LogP contribution in [0, 0.1) is 0 Å². The Kier molecular flexibility index (Phi) is 4.23. The lowest BCUT2D eigenvalue weighted by molar-refractivity contribution is -0.129. The molecule has 3 rings (SSSR count). The van der Waals surface area contributed by atoms with Gasteiger partial charge in [0.25, 0.3) is 0 Å². The lowest BCUT2D eigenvalue weighted by Gasteiger charge is -2.20. The molecular formula is C17H21N5O. The van der Waals surface area contributed by atoms with Gasteiger partial charge in [-0.2, -0.15) is 0 Å². The molecule has 2 aromatic rings. The number of hydrogen-bond acceptors (Lipinski definition) is 5. The lowest BCUT2D eigenvalue weighted by Crippen LogP contribution is -2.37. The largest absolute Gasteiger partial charge is 0.358 e. The molecule has 1 amide bonds. The third-order valence-electron chi connectivity index (χ3n) is 3.99. The molecule has 120 valence electrons. The first-order valence-electron chi connectivity index (χ1n) is 7.85. The van der Waals surface area contributed by atoms with E-state index in [2.05, 4.69) is 20.3 Å². The number of nitrogens with one attached hydrogen (secondary N) is 1. The fourth-order valence-electron chi connectivity index (χ4n) is 2.82. The predicted molar refractivity (Wildman–Crippen MR) is 89.1 cm³/mol. The summed E-state index contributed by atoms with van der Waals surface area (Å²) in [7, 11) is 3.51. The number of fused-ring (bicyclic) bond motifs is 1. The number of pyridine rings is 1. The van der Waals surface area contributed by atoms with Crippen molar-refractivity contribution in [2.75, 3.05) is 19.4 Å². The van der Waals surface area contributed by atoms with Gasteiger partial charge in [-0.1, -0.05) is 6.07 Å². The van der Waals surface area contributed by atoms with E-state index >= 15 is 0 Å². The van der Waals surface area contributed by atoms with Gasteiger partial charge in [0.2, 0.25) is 5.91 Å². The summed E-state index contributed by atoms with van der Waals surface area (Å²) >= 11 is 0. The zero-order chi connectivity index (χ0) is 16.4. The van der Waals surface area contributed by atoms with E-state index in [0.29, 0.717) is 5.82 Å². The van der Waals surface area contributed by atoms with E-state index in [1.807, 2.05) is 25.1 Å². The minimum absolute atomic E-state index is 0.0229. The lowest BCUT2D eigenvalue weighted by atomic mass is 10.2. The molecule has 1 aliphatic rings. The summed E-state index contributed by atoms with van der Waals surface area (Å²) in [5.41, 5.74) is 2.94. The Balaban J connectivity index is 1.96. The molecule has 2 heterocycles. The predicted octanol–water partition coefficient (Wildman–Crippen LogP) is 1.92. The van der Waals surface area contributed by atoms with E-state index in [1.54, 1.807) is 25.2 Å². The van der Waals surface area contributed by atoms with Gasteiger partial charge in [0, 0.05) is 31.5 Å². The minimum atomic E-state index is -0.332. The smallest absolute Gasteiger partial charge is 0.244 e. The summed E-state index contributed by atoms with van der Waals surface area (Å²) in [6, 6.07) is 5.36. The van der Waals surface area contributed by atoms with Gasteiger partial charge >= 0.3 is 0 Å². The molecule has 2 aromatic heterocycles. The van der Waals surface area contributed by atoms with Gasteiger partial charge < -0.3 is 10.2 Å². The first-order chi connectivity index (χ1) is 11.1. The first-order valence-corrected chi connectivity index (χ1v) is 7.85. The van der Waals surface area contributed by atoms with E-state index in [9.17, 15) is 4.79 Å². The Morgan fingerprint density at radius 3 is 2.78 bits per heavy atom. The Hall–Kier alpha value is -2.50. The van der Waals surface area contributed by atoms with Gasteiger partial charge in [-0.05, 0) is 38.3 Å². The van der Waals surface area contributed by atoms with Crippen LogP contribution in [0.2, 0.25) is 0 Å². The number of anilines is 1. The summed E-state index contributed by atoms with van der Waals surface area (Å²) in [5.74, 6) is 1.39. The highest BCUT2D eigenvalue weighted by molar-refractivity contribution is 5.83. The third kappa shape index (κ3) is 3.16. The Bertz CT molecular complexity index is 714. The van der Waals surface area contributed by atoms with Crippen LogP contribution in [0.4, 0.5) is 5.82 Å². The van der Waals surface area contributed by atoms with Crippen LogP contribution in [0.15, 0.2) is 24.4 Å². The van der Waals surface area contributed by atoms with Gasteiger partial charge in [-0.15, -0.1) is 0 Å². The highest BCUT2D eigenvalue weighted by atomic mass is 16.2. The van der Waals surface area contributed by atoms with Crippen molar-refractivity contribution in [3.8, 4) is 11.5 Å². The van der Waals surface area contributed by atoms with Gasteiger partial charge in [0.05, 0.1) is 0 Å². The van der Waals surface area contributed by atoms with Crippen LogP contribution in [0.5, 0.6) is 0 Å². The second-order valence-electron chi connectivity index (χ2n) is 5.99. The molecule has 0 aromatic carbocycles. The molecular weight excluding hydrogens is 290 g/mol. The standard InChI is InChI=1S/C17H21N5O/c1-11(17(23)22(2)3)19-15-12-7-6-9-13(12)20-16(21-15)14-8-4-5-10-18-14/h4-5,8,10-11H,6-7,9H2,1-3H3,(H,19,20,21)/t11-/m0/s1. The van der Waals surface area contributed by atoms with Crippen LogP contribution in [-0.4, -0.2) is 45.9 Å². The molecule has 0 unspecified atom stereocenters. The number of rotatable bonds is 4. The van der Waals surface area contributed by atoms with E-state index in [4.69, 9.17) is 0 Å². The van der Waals surface area contributed by atoms with Crippen LogP contribution in [-0.2, 0) is 17.6 Å². The fourth-order valence-corrected chi connectivity index (χ4v) is 2.82. The first kappa shape index (κ1) is 15.4.